The normalized spacial score (nSPS) is 10.6. The molecule has 0 aliphatic heterocycles. The van der Waals surface area contributed by atoms with Gasteiger partial charge in [-0.15, -0.1) is 0 Å². The number of nitrogens with one attached hydrogen (secondary N) is 1. The maximum Gasteiger partial charge on any atom is 0.162 e. The van der Waals surface area contributed by atoms with E-state index >= 15 is 0 Å². The van der Waals surface area contributed by atoms with E-state index < -0.39 is 0 Å². The monoisotopic (exact) mass is 479 g/mol. The highest BCUT2D eigenvalue weighted by Crippen LogP contribution is 2.35. The molecule has 3 nitrogen and oxygen atoms in total. The standard InChI is InChI=1S/C22H20BrCl2NO2/c1-2-27-21-10-16(13-26-18-6-4-3-5-7-18)19(23)12-22(21)28-14-15-8-9-17(24)11-20(15)25/h3-12,26H,2,13-14H2,1H3. The Bertz CT molecular complexity index is 935. The van der Waals surface area contributed by atoms with Crippen LogP contribution in [0.2, 0.25) is 10.0 Å². The minimum absolute atomic E-state index is 0.324. The van der Waals surface area contributed by atoms with Crippen LogP contribution in [-0.2, 0) is 13.2 Å². The van der Waals surface area contributed by atoms with Gasteiger partial charge in [-0.3, -0.25) is 0 Å². The van der Waals surface area contributed by atoms with Crippen molar-refractivity contribution in [3.63, 3.8) is 0 Å². The lowest BCUT2D eigenvalue weighted by atomic mass is 10.2. The van der Waals surface area contributed by atoms with Crippen LogP contribution in [0.5, 0.6) is 11.5 Å². The second kappa shape index (κ2) is 10.1. The first kappa shape index (κ1) is 20.8. The molecule has 0 aliphatic carbocycles. The molecule has 0 unspecified atom stereocenters. The highest BCUT2D eigenvalue weighted by Gasteiger charge is 2.12. The lowest BCUT2D eigenvalue weighted by molar-refractivity contribution is 0.269. The van der Waals surface area contributed by atoms with Crippen molar-refractivity contribution in [3.8, 4) is 11.5 Å². The molecule has 3 rings (SSSR count). The number of para-hydroxylation sites is 1. The molecule has 6 heteroatoms. The number of rotatable bonds is 8. The van der Waals surface area contributed by atoms with E-state index in [1.807, 2.05) is 55.5 Å². The summed E-state index contributed by atoms with van der Waals surface area (Å²) in [5.41, 5.74) is 2.99. The van der Waals surface area contributed by atoms with Gasteiger partial charge in [0.05, 0.1) is 6.61 Å². The molecule has 0 amide bonds. The number of hydrogen-bond donors (Lipinski definition) is 1. The van der Waals surface area contributed by atoms with Crippen LogP contribution in [0.25, 0.3) is 0 Å². The van der Waals surface area contributed by atoms with E-state index in [1.165, 1.54) is 0 Å². The molecule has 0 spiro atoms. The fraction of sp³-hybridized carbons (Fsp3) is 0.182. The zero-order chi connectivity index (χ0) is 19.9. The molecule has 0 atom stereocenters. The summed E-state index contributed by atoms with van der Waals surface area (Å²) in [6.07, 6.45) is 0. The van der Waals surface area contributed by atoms with Gasteiger partial charge >= 0.3 is 0 Å². The van der Waals surface area contributed by atoms with Crippen LogP contribution in [0.1, 0.15) is 18.1 Å². The molecule has 0 saturated carbocycles. The highest BCUT2D eigenvalue weighted by atomic mass is 79.9. The predicted octanol–water partition coefficient (Wildman–Crippen LogP) is 7.35. The Labute approximate surface area is 183 Å². The molecule has 0 fully saturated rings. The second-order valence-electron chi connectivity index (χ2n) is 6.07. The van der Waals surface area contributed by atoms with Crippen LogP contribution in [-0.4, -0.2) is 6.61 Å². The average Bonchev–Trinajstić information content (AvgIpc) is 2.69. The van der Waals surface area contributed by atoms with Crippen LogP contribution in [0, 0.1) is 0 Å². The molecule has 0 heterocycles. The first-order valence-corrected chi connectivity index (χ1v) is 10.4. The lowest BCUT2D eigenvalue weighted by Crippen LogP contribution is -2.04. The maximum absolute atomic E-state index is 6.24. The van der Waals surface area contributed by atoms with Crippen molar-refractivity contribution in [2.45, 2.75) is 20.1 Å². The Morgan fingerprint density at radius 2 is 1.64 bits per heavy atom. The van der Waals surface area contributed by atoms with E-state index in [0.29, 0.717) is 41.3 Å². The molecule has 146 valence electrons. The van der Waals surface area contributed by atoms with Crippen molar-refractivity contribution in [1.82, 2.24) is 0 Å². The Balaban J connectivity index is 1.76. The first-order chi connectivity index (χ1) is 13.6. The van der Waals surface area contributed by atoms with Crippen LogP contribution in [0.3, 0.4) is 0 Å². The van der Waals surface area contributed by atoms with Crippen molar-refractivity contribution in [2.75, 3.05) is 11.9 Å². The van der Waals surface area contributed by atoms with Gasteiger partial charge in [0.2, 0.25) is 0 Å². The maximum atomic E-state index is 6.24. The zero-order valence-electron chi connectivity index (χ0n) is 15.3. The summed E-state index contributed by atoms with van der Waals surface area (Å²) in [7, 11) is 0. The molecule has 28 heavy (non-hydrogen) atoms. The predicted molar refractivity (Wildman–Crippen MR) is 120 cm³/mol. The largest absolute Gasteiger partial charge is 0.490 e. The number of anilines is 1. The molecule has 0 aliphatic rings. The van der Waals surface area contributed by atoms with E-state index in [9.17, 15) is 0 Å². The van der Waals surface area contributed by atoms with E-state index in [-0.39, 0.29) is 0 Å². The topological polar surface area (TPSA) is 30.5 Å². The quantitative estimate of drug-likeness (QED) is 0.365. The van der Waals surface area contributed by atoms with Crippen molar-refractivity contribution < 1.29 is 9.47 Å². The average molecular weight is 481 g/mol. The molecule has 3 aromatic rings. The minimum atomic E-state index is 0.324. The van der Waals surface area contributed by atoms with Crippen molar-refractivity contribution in [3.05, 3.63) is 86.3 Å². The summed E-state index contributed by atoms with van der Waals surface area (Å²) in [5.74, 6) is 1.35. The Morgan fingerprint density at radius 1 is 0.893 bits per heavy atom. The molecule has 3 aromatic carbocycles. The number of halogens is 3. The third kappa shape index (κ3) is 5.57. The highest BCUT2D eigenvalue weighted by molar-refractivity contribution is 9.10. The molecule has 1 N–H and O–H groups in total. The molecular weight excluding hydrogens is 461 g/mol. The number of hydrogen-bond acceptors (Lipinski definition) is 3. The summed E-state index contributed by atoms with van der Waals surface area (Å²) in [6.45, 7) is 3.48. The lowest BCUT2D eigenvalue weighted by Gasteiger charge is -2.16. The summed E-state index contributed by atoms with van der Waals surface area (Å²) >= 11 is 15.8. The van der Waals surface area contributed by atoms with Gasteiger partial charge in [0, 0.05) is 32.3 Å². The van der Waals surface area contributed by atoms with Gasteiger partial charge in [0.15, 0.2) is 11.5 Å². The van der Waals surface area contributed by atoms with E-state index in [2.05, 4.69) is 21.2 Å². The number of benzene rings is 3. The van der Waals surface area contributed by atoms with Gasteiger partial charge in [-0.1, -0.05) is 63.4 Å². The van der Waals surface area contributed by atoms with Gasteiger partial charge in [0.25, 0.3) is 0 Å². The van der Waals surface area contributed by atoms with E-state index in [1.54, 1.807) is 12.1 Å². The number of ether oxygens (including phenoxy) is 2. The van der Waals surface area contributed by atoms with Gasteiger partial charge < -0.3 is 14.8 Å². The van der Waals surface area contributed by atoms with Gasteiger partial charge in [-0.05, 0) is 48.9 Å². The van der Waals surface area contributed by atoms with Gasteiger partial charge in [0.1, 0.15) is 6.61 Å². The first-order valence-electron chi connectivity index (χ1n) is 8.87. The van der Waals surface area contributed by atoms with E-state index in [0.717, 1.165) is 21.3 Å². The van der Waals surface area contributed by atoms with Crippen molar-refractivity contribution in [2.24, 2.45) is 0 Å². The SMILES string of the molecule is CCOc1cc(CNc2ccccc2)c(Br)cc1OCc1ccc(Cl)cc1Cl. The van der Waals surface area contributed by atoms with Crippen LogP contribution < -0.4 is 14.8 Å². The fourth-order valence-electron chi connectivity index (χ4n) is 2.64. The second-order valence-corrected chi connectivity index (χ2v) is 7.77. The third-order valence-electron chi connectivity index (χ3n) is 4.07. The Kier molecular flexibility index (Phi) is 7.49. The molecular formula is C22H20BrCl2NO2. The summed E-state index contributed by atoms with van der Waals surface area (Å²) in [6, 6.07) is 19.3. The minimum Gasteiger partial charge on any atom is -0.490 e. The van der Waals surface area contributed by atoms with Gasteiger partial charge in [-0.25, -0.2) is 0 Å². The Hall–Kier alpha value is -1.88. The zero-order valence-corrected chi connectivity index (χ0v) is 18.4. The van der Waals surface area contributed by atoms with Crippen LogP contribution in [0.15, 0.2) is 65.1 Å². The summed E-state index contributed by atoms with van der Waals surface area (Å²) in [5, 5.41) is 4.58. The van der Waals surface area contributed by atoms with Crippen LogP contribution in [0.4, 0.5) is 5.69 Å². The van der Waals surface area contributed by atoms with Gasteiger partial charge in [-0.2, -0.15) is 0 Å². The smallest absolute Gasteiger partial charge is 0.162 e. The Morgan fingerprint density at radius 3 is 2.36 bits per heavy atom. The summed E-state index contributed by atoms with van der Waals surface area (Å²) in [4.78, 5) is 0. The molecule has 0 aromatic heterocycles. The van der Waals surface area contributed by atoms with Crippen LogP contribution >= 0.6 is 39.1 Å². The van der Waals surface area contributed by atoms with Crippen molar-refractivity contribution in [1.29, 1.82) is 0 Å². The molecule has 0 saturated heterocycles. The fourth-order valence-corrected chi connectivity index (χ4v) is 3.57. The molecule has 0 radical (unpaired) electrons. The third-order valence-corrected chi connectivity index (χ3v) is 5.39. The molecule has 0 bridgehead atoms. The summed E-state index contributed by atoms with van der Waals surface area (Å²) < 4.78 is 12.7. The van der Waals surface area contributed by atoms with E-state index in [4.69, 9.17) is 32.7 Å². The van der Waals surface area contributed by atoms with Crippen molar-refractivity contribution >= 4 is 44.8 Å².